The summed E-state index contributed by atoms with van der Waals surface area (Å²) in [5.41, 5.74) is 6.19. The Balaban J connectivity index is 1.94. The molecule has 16 heavy (non-hydrogen) atoms. The number of likely N-dealkylation sites (tertiary alicyclic amines) is 1. The maximum absolute atomic E-state index is 6.19. The SMILES string of the molecule is CCC1CN(C2CCCC2CC)CCC1N. The van der Waals surface area contributed by atoms with Crippen molar-refractivity contribution in [1.82, 2.24) is 4.90 Å². The molecule has 2 fully saturated rings. The molecule has 1 saturated carbocycles. The van der Waals surface area contributed by atoms with E-state index in [9.17, 15) is 0 Å². The fourth-order valence-corrected chi connectivity index (χ4v) is 3.79. The lowest BCUT2D eigenvalue weighted by Gasteiger charge is -2.41. The Labute approximate surface area is 101 Å². The summed E-state index contributed by atoms with van der Waals surface area (Å²) in [6.07, 6.45) is 8.17. The number of hydrogen-bond acceptors (Lipinski definition) is 2. The van der Waals surface area contributed by atoms with Crippen LogP contribution in [0.3, 0.4) is 0 Å². The van der Waals surface area contributed by atoms with Crippen LogP contribution in [0.15, 0.2) is 0 Å². The van der Waals surface area contributed by atoms with E-state index in [0.29, 0.717) is 6.04 Å². The monoisotopic (exact) mass is 224 g/mol. The maximum Gasteiger partial charge on any atom is 0.0123 e. The van der Waals surface area contributed by atoms with Crippen LogP contribution >= 0.6 is 0 Å². The number of piperidine rings is 1. The zero-order valence-electron chi connectivity index (χ0n) is 11.0. The Kier molecular flexibility index (Phi) is 4.26. The molecule has 4 unspecified atom stereocenters. The van der Waals surface area contributed by atoms with Gasteiger partial charge >= 0.3 is 0 Å². The second kappa shape index (κ2) is 5.50. The first-order chi connectivity index (χ1) is 7.76. The summed E-state index contributed by atoms with van der Waals surface area (Å²) in [5.74, 6) is 1.71. The van der Waals surface area contributed by atoms with Crippen LogP contribution in [0.1, 0.15) is 52.4 Å². The van der Waals surface area contributed by atoms with E-state index in [4.69, 9.17) is 5.73 Å². The second-order valence-electron chi connectivity index (χ2n) is 5.78. The normalized spacial score (nSPS) is 41.4. The molecule has 2 aliphatic rings. The van der Waals surface area contributed by atoms with Crippen molar-refractivity contribution in [3.63, 3.8) is 0 Å². The molecule has 0 radical (unpaired) electrons. The Morgan fingerprint density at radius 3 is 2.50 bits per heavy atom. The van der Waals surface area contributed by atoms with Crippen LogP contribution in [-0.2, 0) is 0 Å². The minimum atomic E-state index is 0.461. The molecule has 1 aliphatic carbocycles. The van der Waals surface area contributed by atoms with Crippen molar-refractivity contribution in [1.29, 1.82) is 0 Å². The van der Waals surface area contributed by atoms with E-state index in [1.54, 1.807) is 0 Å². The van der Waals surface area contributed by atoms with Gasteiger partial charge in [0.15, 0.2) is 0 Å². The van der Waals surface area contributed by atoms with E-state index < -0.39 is 0 Å². The third kappa shape index (κ3) is 2.43. The Bertz CT molecular complexity index is 217. The summed E-state index contributed by atoms with van der Waals surface area (Å²) in [5, 5.41) is 0. The molecule has 2 nitrogen and oxygen atoms in total. The van der Waals surface area contributed by atoms with Crippen LogP contribution in [0.25, 0.3) is 0 Å². The van der Waals surface area contributed by atoms with Crippen molar-refractivity contribution in [2.75, 3.05) is 13.1 Å². The second-order valence-corrected chi connectivity index (χ2v) is 5.78. The van der Waals surface area contributed by atoms with Gasteiger partial charge in [0, 0.05) is 18.6 Å². The molecular formula is C14H28N2. The Hall–Kier alpha value is -0.0800. The van der Waals surface area contributed by atoms with Crippen molar-refractivity contribution in [3.8, 4) is 0 Å². The highest BCUT2D eigenvalue weighted by molar-refractivity contribution is 4.90. The molecule has 0 spiro atoms. The highest BCUT2D eigenvalue weighted by Gasteiger charge is 2.35. The summed E-state index contributed by atoms with van der Waals surface area (Å²) in [6.45, 7) is 7.16. The van der Waals surface area contributed by atoms with Gasteiger partial charge in [-0.1, -0.05) is 33.1 Å². The summed E-state index contributed by atoms with van der Waals surface area (Å²) in [7, 11) is 0. The van der Waals surface area contributed by atoms with Gasteiger partial charge in [-0.05, 0) is 37.6 Å². The number of hydrogen-bond donors (Lipinski definition) is 1. The molecule has 94 valence electrons. The molecule has 0 aromatic carbocycles. The average molecular weight is 224 g/mol. The fraction of sp³-hybridized carbons (Fsp3) is 1.00. The number of nitrogens with two attached hydrogens (primary N) is 1. The third-order valence-corrected chi connectivity index (χ3v) is 4.96. The van der Waals surface area contributed by atoms with Gasteiger partial charge in [0.1, 0.15) is 0 Å². The topological polar surface area (TPSA) is 29.3 Å². The fourth-order valence-electron chi connectivity index (χ4n) is 3.79. The molecule has 4 atom stereocenters. The lowest BCUT2D eigenvalue weighted by molar-refractivity contribution is 0.0852. The van der Waals surface area contributed by atoms with E-state index in [0.717, 1.165) is 17.9 Å². The highest BCUT2D eigenvalue weighted by Crippen LogP contribution is 2.34. The highest BCUT2D eigenvalue weighted by atomic mass is 15.2. The van der Waals surface area contributed by atoms with Crippen molar-refractivity contribution < 1.29 is 0 Å². The van der Waals surface area contributed by atoms with Gasteiger partial charge in [-0.15, -0.1) is 0 Å². The third-order valence-electron chi connectivity index (χ3n) is 4.96. The smallest absolute Gasteiger partial charge is 0.0123 e. The van der Waals surface area contributed by atoms with Crippen LogP contribution in [0.5, 0.6) is 0 Å². The minimum absolute atomic E-state index is 0.461. The van der Waals surface area contributed by atoms with E-state index in [2.05, 4.69) is 18.7 Å². The minimum Gasteiger partial charge on any atom is -0.327 e. The predicted molar refractivity (Wildman–Crippen MR) is 69.4 cm³/mol. The van der Waals surface area contributed by atoms with Gasteiger partial charge in [0.25, 0.3) is 0 Å². The van der Waals surface area contributed by atoms with E-state index in [1.165, 1.54) is 51.6 Å². The standard InChI is InChI=1S/C14H28N2/c1-3-11-6-5-7-14(11)16-9-8-13(15)12(4-2)10-16/h11-14H,3-10,15H2,1-2H3. The van der Waals surface area contributed by atoms with Crippen LogP contribution in [0, 0.1) is 11.8 Å². The Morgan fingerprint density at radius 2 is 1.81 bits per heavy atom. The van der Waals surface area contributed by atoms with Gasteiger partial charge in [-0.25, -0.2) is 0 Å². The summed E-state index contributed by atoms with van der Waals surface area (Å²) < 4.78 is 0. The first-order valence-corrected chi connectivity index (χ1v) is 7.25. The molecule has 2 rings (SSSR count). The van der Waals surface area contributed by atoms with E-state index >= 15 is 0 Å². The molecule has 0 amide bonds. The molecule has 2 heteroatoms. The number of rotatable bonds is 3. The largest absolute Gasteiger partial charge is 0.327 e. The lowest BCUT2D eigenvalue weighted by atomic mass is 9.88. The number of nitrogens with zero attached hydrogens (tertiary/aromatic N) is 1. The molecule has 1 aliphatic heterocycles. The van der Waals surface area contributed by atoms with Gasteiger partial charge in [0.2, 0.25) is 0 Å². The van der Waals surface area contributed by atoms with E-state index in [-0.39, 0.29) is 0 Å². The average Bonchev–Trinajstić information content (AvgIpc) is 2.78. The zero-order chi connectivity index (χ0) is 11.5. The predicted octanol–water partition coefficient (Wildman–Crippen LogP) is 2.62. The first kappa shape index (κ1) is 12.4. The van der Waals surface area contributed by atoms with Crippen LogP contribution in [0.4, 0.5) is 0 Å². The van der Waals surface area contributed by atoms with Crippen molar-refractivity contribution >= 4 is 0 Å². The van der Waals surface area contributed by atoms with E-state index in [1.807, 2.05) is 0 Å². The summed E-state index contributed by atoms with van der Waals surface area (Å²) in [6, 6.07) is 1.34. The summed E-state index contributed by atoms with van der Waals surface area (Å²) in [4.78, 5) is 2.76. The maximum atomic E-state index is 6.19. The quantitative estimate of drug-likeness (QED) is 0.798. The van der Waals surface area contributed by atoms with Crippen molar-refractivity contribution in [2.24, 2.45) is 17.6 Å². The summed E-state index contributed by atoms with van der Waals surface area (Å²) >= 11 is 0. The Morgan fingerprint density at radius 1 is 1.06 bits per heavy atom. The van der Waals surface area contributed by atoms with Crippen molar-refractivity contribution in [2.45, 2.75) is 64.5 Å². The molecule has 0 aromatic rings. The van der Waals surface area contributed by atoms with Gasteiger partial charge in [-0.3, -0.25) is 4.90 Å². The molecular weight excluding hydrogens is 196 g/mol. The molecule has 0 aromatic heterocycles. The zero-order valence-corrected chi connectivity index (χ0v) is 11.0. The molecule has 1 heterocycles. The van der Waals surface area contributed by atoms with Crippen LogP contribution in [0.2, 0.25) is 0 Å². The lowest BCUT2D eigenvalue weighted by Crippen LogP contribution is -2.51. The van der Waals surface area contributed by atoms with Gasteiger partial charge in [-0.2, -0.15) is 0 Å². The van der Waals surface area contributed by atoms with Gasteiger partial charge < -0.3 is 5.73 Å². The molecule has 0 bridgehead atoms. The molecule has 2 N–H and O–H groups in total. The first-order valence-electron chi connectivity index (χ1n) is 7.25. The van der Waals surface area contributed by atoms with Crippen LogP contribution < -0.4 is 5.73 Å². The van der Waals surface area contributed by atoms with Crippen molar-refractivity contribution in [3.05, 3.63) is 0 Å². The molecule has 1 saturated heterocycles. The van der Waals surface area contributed by atoms with Gasteiger partial charge in [0.05, 0.1) is 0 Å². The van der Waals surface area contributed by atoms with Crippen LogP contribution in [-0.4, -0.2) is 30.1 Å².